The fraction of sp³-hybridized carbons (Fsp3) is 0.455. The van der Waals surface area contributed by atoms with E-state index in [0.717, 1.165) is 29.2 Å². The van der Waals surface area contributed by atoms with Gasteiger partial charge in [-0.2, -0.15) is 57.1 Å². The van der Waals surface area contributed by atoms with Gasteiger partial charge in [0.05, 0.1) is 0 Å². The number of hydrogen-bond donors (Lipinski definition) is 4. The van der Waals surface area contributed by atoms with Crippen LogP contribution in [0.1, 0.15) is 17.5 Å². The topological polar surface area (TPSA) is 84.2 Å². The van der Waals surface area contributed by atoms with Gasteiger partial charge >= 0.3 is 50.0 Å². The first-order valence-electron chi connectivity index (χ1n) is 11.5. The van der Waals surface area contributed by atoms with Crippen LogP contribution in [-0.4, -0.2) is 81.6 Å². The van der Waals surface area contributed by atoms with Gasteiger partial charge in [0.2, 0.25) is 0 Å². The van der Waals surface area contributed by atoms with Gasteiger partial charge in [0.1, 0.15) is 0 Å². The fourth-order valence-corrected chi connectivity index (χ4v) is 3.58. The first-order valence-corrected chi connectivity index (χ1v) is 11.5. The molecule has 0 saturated carbocycles. The Morgan fingerprint density at radius 2 is 0.833 bits per heavy atom. The van der Waals surface area contributed by atoms with Gasteiger partial charge in [0, 0.05) is 26.1 Å². The predicted molar refractivity (Wildman–Crippen MR) is 122 cm³/mol. The number of halogens is 13. The lowest BCUT2D eigenvalue weighted by molar-refractivity contribution is -0.440. The summed E-state index contributed by atoms with van der Waals surface area (Å²) in [6, 6.07) is 9.48. The van der Waals surface area contributed by atoms with E-state index in [2.05, 4.69) is 0 Å². The molecule has 0 aliphatic heterocycles. The van der Waals surface area contributed by atoms with Gasteiger partial charge < -0.3 is 20.1 Å². The molecule has 0 spiro atoms. The molecule has 0 bridgehead atoms. The molecule has 20 heteroatoms. The lowest BCUT2D eigenvalue weighted by Crippen LogP contribution is -2.70. The highest BCUT2D eigenvalue weighted by molar-refractivity contribution is 6.58. The molecule has 2 aromatic carbocycles. The van der Waals surface area contributed by atoms with Crippen LogP contribution in [0, 0.1) is 0 Å². The Balaban J connectivity index is 2.38. The van der Waals surface area contributed by atoms with E-state index in [1.807, 2.05) is 0 Å². The molecule has 0 unspecified atom stereocenters. The molecule has 234 valence electrons. The largest absolute Gasteiger partial charge is 0.488 e. The summed E-state index contributed by atoms with van der Waals surface area (Å²) >= 11 is 0. The van der Waals surface area contributed by atoms with E-state index in [4.69, 9.17) is 20.1 Å². The minimum atomic E-state index is -7.98. The molecule has 4 N–H and O–H groups in total. The second-order valence-corrected chi connectivity index (χ2v) is 9.19. The zero-order valence-electron chi connectivity index (χ0n) is 20.8. The van der Waals surface area contributed by atoms with Gasteiger partial charge in [-0.05, 0) is 22.1 Å². The first kappa shape index (κ1) is 35.7. The minimum absolute atomic E-state index is 0.0338. The number of alkyl halides is 13. The molecule has 0 amide bonds. The highest BCUT2D eigenvalue weighted by Gasteiger charge is 2.90. The van der Waals surface area contributed by atoms with E-state index in [1.54, 1.807) is 0 Å². The van der Waals surface area contributed by atoms with Crippen LogP contribution in [0.4, 0.5) is 57.1 Å². The number of hydrogen-bond acceptors (Lipinski definition) is 5. The summed E-state index contributed by atoms with van der Waals surface area (Å²) in [5.41, 5.74) is 0.291. The summed E-state index contributed by atoms with van der Waals surface area (Å²) in [7, 11) is -3.83. The van der Waals surface area contributed by atoms with Crippen molar-refractivity contribution in [3.8, 4) is 0 Å². The van der Waals surface area contributed by atoms with E-state index in [1.165, 1.54) is 24.3 Å². The van der Waals surface area contributed by atoms with Crippen molar-refractivity contribution in [2.75, 3.05) is 6.54 Å². The van der Waals surface area contributed by atoms with Crippen molar-refractivity contribution in [1.82, 2.24) is 4.90 Å². The summed E-state index contributed by atoms with van der Waals surface area (Å²) in [6.45, 7) is -2.27. The van der Waals surface area contributed by atoms with Gasteiger partial charge in [0.25, 0.3) is 0 Å². The van der Waals surface area contributed by atoms with Crippen molar-refractivity contribution < 1.29 is 77.2 Å². The molecule has 0 aliphatic rings. The van der Waals surface area contributed by atoms with Crippen molar-refractivity contribution in [3.63, 3.8) is 0 Å². The van der Waals surface area contributed by atoms with E-state index in [0.29, 0.717) is 0 Å². The van der Waals surface area contributed by atoms with Crippen LogP contribution in [0.25, 0.3) is 0 Å². The Bertz CT molecular complexity index is 1120. The van der Waals surface area contributed by atoms with Crippen LogP contribution in [0.15, 0.2) is 48.5 Å². The lowest BCUT2D eigenvalue weighted by atomic mass is 9.80. The van der Waals surface area contributed by atoms with Gasteiger partial charge in [-0.25, -0.2) is 0 Å². The van der Waals surface area contributed by atoms with E-state index < -0.39 is 76.1 Å². The summed E-state index contributed by atoms with van der Waals surface area (Å²) in [6.07, 6.45) is -9.92. The molecule has 2 rings (SSSR count). The van der Waals surface area contributed by atoms with Crippen LogP contribution in [-0.2, 0) is 13.1 Å². The highest BCUT2D eigenvalue weighted by atomic mass is 19.4. The van der Waals surface area contributed by atoms with Crippen LogP contribution in [0.5, 0.6) is 0 Å². The van der Waals surface area contributed by atoms with Crippen molar-refractivity contribution in [2.45, 2.75) is 55.3 Å². The van der Waals surface area contributed by atoms with Crippen molar-refractivity contribution in [2.24, 2.45) is 0 Å². The van der Waals surface area contributed by atoms with Gasteiger partial charge in [0.15, 0.2) is 0 Å². The fourth-order valence-electron chi connectivity index (χ4n) is 3.58. The van der Waals surface area contributed by atoms with Crippen molar-refractivity contribution in [3.05, 3.63) is 59.7 Å². The normalized spacial score (nSPS) is 14.0. The van der Waals surface area contributed by atoms with E-state index >= 15 is 0 Å². The summed E-state index contributed by atoms with van der Waals surface area (Å²) in [5, 5.41) is 36.6. The molecule has 0 fully saturated rings. The van der Waals surface area contributed by atoms with Crippen molar-refractivity contribution >= 4 is 25.2 Å². The van der Waals surface area contributed by atoms with Gasteiger partial charge in [-0.15, -0.1) is 0 Å². The standard InChI is InChI=1S/C22H20B2F13NO4/c25-17(26,18(27,28)19(29,30)20(31,32)21(33,34)22(35,36)37)9-10-38(11-13-1-5-15(6-2-13)23(39)40)12-14-3-7-16(8-4-14)24(41)42/h1-8,39-42H,9-12H2. The van der Waals surface area contributed by atoms with Crippen LogP contribution < -0.4 is 10.9 Å². The van der Waals surface area contributed by atoms with Crippen LogP contribution >= 0.6 is 0 Å². The molecular weight excluding hydrogens is 611 g/mol. The molecule has 0 heterocycles. The summed E-state index contributed by atoms with van der Waals surface area (Å²) < 4.78 is 175. The maximum atomic E-state index is 14.4. The quantitative estimate of drug-likeness (QED) is 0.202. The molecule has 2 aromatic rings. The third-order valence-corrected chi connectivity index (χ3v) is 6.11. The SMILES string of the molecule is OB(O)c1ccc(CN(CCC(F)(F)C(F)(F)C(F)(F)C(F)(F)C(F)(F)C(F)(F)F)Cc2ccc(B(O)O)cc2)cc1. The zero-order valence-corrected chi connectivity index (χ0v) is 20.8. The number of rotatable bonds is 13. The Kier molecular flexibility index (Phi) is 10.4. The van der Waals surface area contributed by atoms with Gasteiger partial charge in [-0.3, -0.25) is 4.90 Å². The monoisotopic (exact) mass is 631 g/mol. The van der Waals surface area contributed by atoms with Crippen LogP contribution in [0.3, 0.4) is 0 Å². The predicted octanol–water partition coefficient (Wildman–Crippen LogP) is 3.18. The van der Waals surface area contributed by atoms with Gasteiger partial charge in [-0.1, -0.05) is 48.5 Å². The molecule has 0 aromatic heterocycles. The maximum absolute atomic E-state index is 14.4. The van der Waals surface area contributed by atoms with E-state index in [-0.39, 0.29) is 22.1 Å². The first-order chi connectivity index (χ1) is 18.9. The molecule has 0 radical (unpaired) electrons. The summed E-state index contributed by atoms with van der Waals surface area (Å²) in [4.78, 5) is 0.860. The molecule has 0 saturated heterocycles. The van der Waals surface area contributed by atoms with Crippen molar-refractivity contribution in [1.29, 1.82) is 0 Å². The summed E-state index contributed by atoms with van der Waals surface area (Å²) in [5.74, 6) is -37.3. The molecule has 0 atom stereocenters. The van der Waals surface area contributed by atoms with Crippen LogP contribution in [0.2, 0.25) is 0 Å². The number of benzene rings is 2. The average molecular weight is 631 g/mol. The Morgan fingerprint density at radius 1 is 0.500 bits per heavy atom. The third-order valence-electron chi connectivity index (χ3n) is 6.11. The maximum Gasteiger partial charge on any atom is 0.488 e. The highest BCUT2D eigenvalue weighted by Crippen LogP contribution is 2.60. The molecule has 0 aliphatic carbocycles. The molecule has 42 heavy (non-hydrogen) atoms. The third kappa shape index (κ3) is 6.98. The average Bonchev–Trinajstić information content (AvgIpc) is 2.86. The Labute approximate surface area is 229 Å². The Hall–Kier alpha value is -2.54. The molecule has 5 nitrogen and oxygen atoms in total. The second-order valence-electron chi connectivity index (χ2n) is 9.19. The second kappa shape index (κ2) is 12.2. The van der Waals surface area contributed by atoms with E-state index in [9.17, 15) is 57.1 Å². The zero-order chi connectivity index (χ0) is 32.5. The number of nitrogens with zero attached hydrogens (tertiary/aromatic N) is 1. The lowest BCUT2D eigenvalue weighted by Gasteiger charge is -2.40. The molecular formula is C22H20B2F13NO4. The Morgan fingerprint density at radius 3 is 1.14 bits per heavy atom. The minimum Gasteiger partial charge on any atom is -0.423 e. The smallest absolute Gasteiger partial charge is 0.423 e.